The van der Waals surface area contributed by atoms with Crippen LogP contribution in [0.1, 0.15) is 27.3 Å². The molecule has 2 aromatic carbocycles. The lowest BCUT2D eigenvalue weighted by Gasteiger charge is -2.07. The molecule has 2 N–H and O–H groups in total. The molecule has 0 spiro atoms. The molecule has 160 valence electrons. The van der Waals surface area contributed by atoms with Crippen LogP contribution in [0.5, 0.6) is 0 Å². The summed E-state index contributed by atoms with van der Waals surface area (Å²) in [6.07, 6.45) is -2.57. The van der Waals surface area contributed by atoms with Gasteiger partial charge >= 0.3 is 6.18 Å². The minimum Gasteiger partial charge on any atom is -0.359 e. The van der Waals surface area contributed by atoms with Gasteiger partial charge in [-0.25, -0.2) is 4.39 Å². The third kappa shape index (κ3) is 4.27. The number of halogens is 5. The maximum Gasteiger partial charge on any atom is 0.416 e. The molecule has 5 nitrogen and oxygen atoms in total. The summed E-state index contributed by atoms with van der Waals surface area (Å²) in [4.78, 5) is 15.5. The molecule has 10 heteroatoms. The number of hydrogen-bond donors (Lipinski definition) is 2. The maximum absolute atomic E-state index is 13.6. The molecule has 0 fully saturated rings. The van der Waals surface area contributed by atoms with Crippen molar-refractivity contribution in [3.05, 3.63) is 82.0 Å². The molecule has 0 atom stereocenters. The first-order chi connectivity index (χ1) is 14.6. The number of aromatic amines is 1. The van der Waals surface area contributed by atoms with Crippen LogP contribution in [0.4, 0.5) is 23.2 Å². The topological polar surface area (TPSA) is 62.7 Å². The third-order valence-electron chi connectivity index (χ3n) is 4.85. The molecule has 0 aliphatic rings. The van der Waals surface area contributed by atoms with Gasteiger partial charge in [0.1, 0.15) is 5.82 Å². The Balaban J connectivity index is 1.52. The number of aromatic nitrogens is 3. The normalized spacial score (nSPS) is 11.8. The Morgan fingerprint density at radius 3 is 2.58 bits per heavy atom. The number of amides is 1. The lowest BCUT2D eigenvalue weighted by Crippen LogP contribution is -2.12. The molecule has 0 saturated heterocycles. The Morgan fingerprint density at radius 2 is 1.90 bits per heavy atom. The number of carbonyl (C=O) groups is 1. The van der Waals surface area contributed by atoms with Crippen LogP contribution >= 0.6 is 11.6 Å². The van der Waals surface area contributed by atoms with Crippen LogP contribution < -0.4 is 5.32 Å². The summed E-state index contributed by atoms with van der Waals surface area (Å²) < 4.78 is 53.2. The zero-order valence-electron chi connectivity index (χ0n) is 16.0. The summed E-state index contributed by atoms with van der Waals surface area (Å²) in [6.45, 7) is 0. The number of nitrogens with zero attached hydrogens (tertiary/aromatic N) is 2. The van der Waals surface area contributed by atoms with Gasteiger partial charge in [-0.3, -0.25) is 9.48 Å². The van der Waals surface area contributed by atoms with Crippen molar-refractivity contribution in [2.75, 3.05) is 5.32 Å². The quantitative estimate of drug-likeness (QED) is 0.400. The molecular formula is C21H15ClF4N4O. The SMILES string of the molecule is Cn1nc(C(=O)Nc2c[nH]c3cc(F)c(Cl)cc23)cc1Cc1ccc(C(F)(F)F)cc1. The van der Waals surface area contributed by atoms with Gasteiger partial charge in [0, 0.05) is 30.7 Å². The molecular weight excluding hydrogens is 436 g/mol. The third-order valence-corrected chi connectivity index (χ3v) is 5.14. The fraction of sp³-hybridized carbons (Fsp3) is 0.143. The van der Waals surface area contributed by atoms with Crippen LogP contribution in [-0.4, -0.2) is 20.7 Å². The number of nitrogens with one attached hydrogen (secondary N) is 2. The van der Waals surface area contributed by atoms with E-state index in [9.17, 15) is 22.4 Å². The molecule has 31 heavy (non-hydrogen) atoms. The van der Waals surface area contributed by atoms with E-state index >= 15 is 0 Å². The molecule has 0 aliphatic heterocycles. The number of alkyl halides is 3. The summed E-state index contributed by atoms with van der Waals surface area (Å²) in [6, 6.07) is 9.03. The molecule has 0 unspecified atom stereocenters. The number of anilines is 1. The van der Waals surface area contributed by atoms with E-state index in [0.29, 0.717) is 34.3 Å². The highest BCUT2D eigenvalue weighted by Gasteiger charge is 2.30. The Hall–Kier alpha value is -3.33. The smallest absolute Gasteiger partial charge is 0.359 e. The minimum atomic E-state index is -4.39. The summed E-state index contributed by atoms with van der Waals surface area (Å²) in [5.41, 5.74) is 1.59. The second kappa shape index (κ2) is 7.73. The van der Waals surface area contributed by atoms with Crippen molar-refractivity contribution in [3.63, 3.8) is 0 Å². The van der Waals surface area contributed by atoms with Gasteiger partial charge in [-0.15, -0.1) is 0 Å². The lowest BCUT2D eigenvalue weighted by atomic mass is 10.1. The fourth-order valence-electron chi connectivity index (χ4n) is 3.21. The van der Waals surface area contributed by atoms with Crippen molar-refractivity contribution < 1.29 is 22.4 Å². The number of hydrogen-bond acceptors (Lipinski definition) is 2. The van der Waals surface area contributed by atoms with Crippen molar-refractivity contribution >= 4 is 34.1 Å². The van der Waals surface area contributed by atoms with Crippen LogP contribution in [0.2, 0.25) is 5.02 Å². The van der Waals surface area contributed by atoms with Crippen molar-refractivity contribution in [1.29, 1.82) is 0 Å². The van der Waals surface area contributed by atoms with Crippen LogP contribution in [0.3, 0.4) is 0 Å². The van der Waals surface area contributed by atoms with Crippen molar-refractivity contribution in [2.45, 2.75) is 12.6 Å². The fourth-order valence-corrected chi connectivity index (χ4v) is 3.37. The molecule has 4 aromatic rings. The van der Waals surface area contributed by atoms with Crippen LogP contribution in [0, 0.1) is 5.82 Å². The van der Waals surface area contributed by atoms with Gasteiger partial charge in [0.15, 0.2) is 5.69 Å². The van der Waals surface area contributed by atoms with Gasteiger partial charge in [0.25, 0.3) is 5.91 Å². The number of H-pyrrole nitrogens is 1. The van der Waals surface area contributed by atoms with Gasteiger partial charge in [-0.1, -0.05) is 23.7 Å². The van der Waals surface area contributed by atoms with E-state index in [1.54, 1.807) is 13.1 Å². The lowest BCUT2D eigenvalue weighted by molar-refractivity contribution is -0.137. The molecule has 0 bridgehead atoms. The van der Waals surface area contributed by atoms with Crippen LogP contribution in [-0.2, 0) is 19.6 Å². The summed E-state index contributed by atoms with van der Waals surface area (Å²) >= 11 is 5.83. The van der Waals surface area contributed by atoms with E-state index < -0.39 is 23.5 Å². The van der Waals surface area contributed by atoms with E-state index in [4.69, 9.17) is 11.6 Å². The molecule has 0 aliphatic carbocycles. The average Bonchev–Trinajstić information content (AvgIpc) is 3.26. The predicted octanol–water partition coefficient (Wildman–Crippen LogP) is 5.56. The van der Waals surface area contributed by atoms with Crippen molar-refractivity contribution in [1.82, 2.24) is 14.8 Å². The van der Waals surface area contributed by atoms with Gasteiger partial charge < -0.3 is 10.3 Å². The molecule has 4 rings (SSSR count). The highest BCUT2D eigenvalue weighted by atomic mass is 35.5. The van der Waals surface area contributed by atoms with Gasteiger partial charge in [0.05, 0.1) is 21.8 Å². The van der Waals surface area contributed by atoms with E-state index in [1.807, 2.05) is 0 Å². The predicted molar refractivity (Wildman–Crippen MR) is 109 cm³/mol. The molecule has 0 radical (unpaired) electrons. The van der Waals surface area contributed by atoms with E-state index in [0.717, 1.165) is 12.1 Å². The monoisotopic (exact) mass is 450 g/mol. The van der Waals surface area contributed by atoms with E-state index in [2.05, 4.69) is 15.4 Å². The van der Waals surface area contributed by atoms with Crippen molar-refractivity contribution in [2.24, 2.45) is 7.05 Å². The number of benzene rings is 2. The molecule has 0 saturated carbocycles. The highest BCUT2D eigenvalue weighted by molar-refractivity contribution is 6.31. The van der Waals surface area contributed by atoms with E-state index in [-0.39, 0.29) is 10.7 Å². The number of fused-ring (bicyclic) bond motifs is 1. The molecule has 1 amide bonds. The second-order valence-corrected chi connectivity index (χ2v) is 7.39. The standard InChI is InChI=1S/C21H15ClF4N4O/c1-30-13(6-11-2-4-12(5-3-11)21(24,25)26)7-18(29-30)20(31)28-19-10-27-17-9-16(23)15(22)8-14(17)19/h2-5,7-10,27H,6H2,1H3,(H,28,31). The first kappa shape index (κ1) is 20.9. The minimum absolute atomic E-state index is 0.0701. The summed E-state index contributed by atoms with van der Waals surface area (Å²) in [7, 11) is 1.64. The Labute approximate surface area is 178 Å². The zero-order valence-corrected chi connectivity index (χ0v) is 16.8. The van der Waals surface area contributed by atoms with Gasteiger partial charge in [0.2, 0.25) is 0 Å². The second-order valence-electron chi connectivity index (χ2n) is 6.98. The molecule has 2 aromatic heterocycles. The Morgan fingerprint density at radius 1 is 1.19 bits per heavy atom. The highest BCUT2D eigenvalue weighted by Crippen LogP contribution is 2.30. The summed E-state index contributed by atoms with van der Waals surface area (Å²) in [5.74, 6) is -1.07. The van der Waals surface area contributed by atoms with Gasteiger partial charge in [-0.2, -0.15) is 18.3 Å². The maximum atomic E-state index is 13.6. The Kier molecular flexibility index (Phi) is 5.22. The van der Waals surface area contributed by atoms with E-state index in [1.165, 1.54) is 35.1 Å². The molecule has 2 heterocycles. The van der Waals surface area contributed by atoms with Crippen molar-refractivity contribution in [3.8, 4) is 0 Å². The first-order valence-corrected chi connectivity index (χ1v) is 9.46. The summed E-state index contributed by atoms with van der Waals surface area (Å²) in [5, 5.41) is 7.36. The number of rotatable bonds is 4. The first-order valence-electron chi connectivity index (χ1n) is 9.08. The average molecular weight is 451 g/mol. The largest absolute Gasteiger partial charge is 0.416 e. The Bertz CT molecular complexity index is 1280. The number of carbonyl (C=O) groups excluding carboxylic acids is 1. The van der Waals surface area contributed by atoms with Crippen LogP contribution in [0.15, 0.2) is 48.7 Å². The van der Waals surface area contributed by atoms with Gasteiger partial charge in [-0.05, 0) is 35.9 Å². The van der Waals surface area contributed by atoms with Crippen LogP contribution in [0.25, 0.3) is 10.9 Å². The number of aryl methyl sites for hydroxylation is 1. The zero-order chi connectivity index (χ0) is 22.3.